The molecule has 2 rings (SSSR count). The Balaban J connectivity index is 2.03. The molecule has 2 unspecified atom stereocenters. The molecule has 1 heterocycles. The molecule has 1 aliphatic heterocycles. The van der Waals surface area contributed by atoms with Gasteiger partial charge in [-0.2, -0.15) is 0 Å². The van der Waals surface area contributed by atoms with Crippen LogP contribution >= 0.6 is 15.9 Å². The van der Waals surface area contributed by atoms with E-state index in [0.717, 1.165) is 15.6 Å². The highest BCUT2D eigenvalue weighted by Gasteiger charge is 2.26. The molecule has 2 amide bonds. The highest BCUT2D eigenvalue weighted by atomic mass is 79.9. The number of carbonyl (C=O) groups excluding carboxylic acids is 3. The molecule has 2 N–H and O–H groups in total. The van der Waals surface area contributed by atoms with Crippen molar-refractivity contribution in [1.82, 2.24) is 10.6 Å². The summed E-state index contributed by atoms with van der Waals surface area (Å²) in [6.45, 7) is 4.63. The van der Waals surface area contributed by atoms with Crippen LogP contribution in [0.2, 0.25) is 0 Å². The summed E-state index contributed by atoms with van der Waals surface area (Å²) in [5.41, 5.74) is 2.00. The number of carbonyl (C=O) groups is 3. The summed E-state index contributed by atoms with van der Waals surface area (Å²) < 4.78 is 5.85. The van der Waals surface area contributed by atoms with Gasteiger partial charge in [-0.3, -0.25) is 9.59 Å². The summed E-state index contributed by atoms with van der Waals surface area (Å²) in [6.07, 6.45) is 7.17. The van der Waals surface area contributed by atoms with E-state index in [4.69, 9.17) is 4.74 Å². The minimum atomic E-state index is -0.474. The normalized spacial score (nSPS) is 17.7. The molecule has 7 heteroatoms. The zero-order valence-corrected chi connectivity index (χ0v) is 17.6. The second-order valence-electron chi connectivity index (χ2n) is 6.58. The molecular weight excluding hydrogens is 424 g/mol. The Labute approximate surface area is 173 Å². The summed E-state index contributed by atoms with van der Waals surface area (Å²) in [4.78, 5) is 35.8. The van der Waals surface area contributed by atoms with Crippen LogP contribution < -0.4 is 10.6 Å². The Bertz CT molecular complexity index is 789. The maximum Gasteiger partial charge on any atom is 0.330 e. The highest BCUT2D eigenvalue weighted by Crippen LogP contribution is 2.19. The van der Waals surface area contributed by atoms with Crippen LogP contribution in [0.3, 0.4) is 0 Å². The van der Waals surface area contributed by atoms with Crippen LogP contribution in [-0.2, 0) is 19.1 Å². The van der Waals surface area contributed by atoms with Crippen LogP contribution in [0.15, 0.2) is 40.9 Å². The van der Waals surface area contributed by atoms with E-state index in [1.807, 2.05) is 25.1 Å². The number of hydrogen-bond donors (Lipinski definition) is 2. The fourth-order valence-corrected chi connectivity index (χ4v) is 3.26. The number of hydrogen-bond acceptors (Lipinski definition) is 4. The maximum absolute atomic E-state index is 12.3. The molecule has 0 aliphatic carbocycles. The number of ether oxygens (including phenoxy) is 1. The van der Waals surface area contributed by atoms with Crippen LogP contribution in [0.4, 0.5) is 0 Å². The third kappa shape index (κ3) is 6.96. The Hall–Kier alpha value is -2.41. The third-order valence-corrected chi connectivity index (χ3v) is 5.26. The monoisotopic (exact) mass is 448 g/mol. The van der Waals surface area contributed by atoms with Crippen molar-refractivity contribution in [3.63, 3.8) is 0 Å². The molecule has 1 aromatic rings. The first-order chi connectivity index (χ1) is 13.4. The number of esters is 1. The average molecular weight is 449 g/mol. The van der Waals surface area contributed by atoms with E-state index in [0.29, 0.717) is 19.4 Å². The number of nitrogens with one attached hydrogen (secondary N) is 2. The van der Waals surface area contributed by atoms with E-state index in [1.165, 1.54) is 12.2 Å². The van der Waals surface area contributed by atoms with E-state index in [9.17, 15) is 14.4 Å². The van der Waals surface area contributed by atoms with Gasteiger partial charge in [-0.05, 0) is 50.0 Å². The SMILES string of the molecule is CCOC(=O)C=CC(CC1CCNC1=O)NC(=O)C=Cc1ccc(C)c(Br)c1. The largest absolute Gasteiger partial charge is 0.463 e. The lowest BCUT2D eigenvalue weighted by Gasteiger charge is -2.17. The molecule has 1 aromatic carbocycles. The first-order valence-electron chi connectivity index (χ1n) is 9.26. The first kappa shape index (κ1) is 21.9. The van der Waals surface area contributed by atoms with Gasteiger partial charge in [0.25, 0.3) is 0 Å². The van der Waals surface area contributed by atoms with Gasteiger partial charge in [0.15, 0.2) is 0 Å². The average Bonchev–Trinajstić information content (AvgIpc) is 3.05. The van der Waals surface area contributed by atoms with Crippen LogP contribution in [0.1, 0.15) is 30.9 Å². The van der Waals surface area contributed by atoms with Crippen LogP contribution in [0.5, 0.6) is 0 Å². The number of halogens is 1. The smallest absolute Gasteiger partial charge is 0.330 e. The Morgan fingerprint density at radius 1 is 1.39 bits per heavy atom. The fraction of sp³-hybridized carbons (Fsp3) is 0.381. The predicted molar refractivity (Wildman–Crippen MR) is 111 cm³/mol. The van der Waals surface area contributed by atoms with Crippen molar-refractivity contribution in [3.8, 4) is 0 Å². The van der Waals surface area contributed by atoms with Crippen LogP contribution in [0, 0.1) is 12.8 Å². The molecule has 0 radical (unpaired) electrons. The maximum atomic E-state index is 12.3. The van der Waals surface area contributed by atoms with Gasteiger partial charge in [-0.15, -0.1) is 0 Å². The van der Waals surface area contributed by atoms with Gasteiger partial charge in [0.05, 0.1) is 6.61 Å². The lowest BCUT2D eigenvalue weighted by molar-refractivity contribution is -0.137. The van der Waals surface area contributed by atoms with E-state index in [2.05, 4.69) is 26.6 Å². The molecule has 1 saturated heterocycles. The molecule has 6 nitrogen and oxygen atoms in total. The van der Waals surface area contributed by atoms with Crippen molar-refractivity contribution < 1.29 is 19.1 Å². The topological polar surface area (TPSA) is 84.5 Å². The van der Waals surface area contributed by atoms with E-state index >= 15 is 0 Å². The van der Waals surface area contributed by atoms with Gasteiger partial charge in [-0.25, -0.2) is 4.79 Å². The van der Waals surface area contributed by atoms with Crippen molar-refractivity contribution in [2.75, 3.05) is 13.2 Å². The van der Waals surface area contributed by atoms with Crippen molar-refractivity contribution in [2.45, 2.75) is 32.7 Å². The van der Waals surface area contributed by atoms with Gasteiger partial charge in [-0.1, -0.05) is 34.1 Å². The van der Waals surface area contributed by atoms with Gasteiger partial charge in [0.2, 0.25) is 11.8 Å². The van der Waals surface area contributed by atoms with E-state index < -0.39 is 12.0 Å². The fourth-order valence-electron chi connectivity index (χ4n) is 2.86. The second-order valence-corrected chi connectivity index (χ2v) is 7.43. The number of aryl methyl sites for hydroxylation is 1. The minimum absolute atomic E-state index is 0.0242. The Morgan fingerprint density at radius 2 is 2.18 bits per heavy atom. The molecule has 0 saturated carbocycles. The van der Waals surface area contributed by atoms with Crippen LogP contribution in [0.25, 0.3) is 6.08 Å². The molecule has 1 aliphatic rings. The van der Waals surface area contributed by atoms with Gasteiger partial charge >= 0.3 is 5.97 Å². The quantitative estimate of drug-likeness (QED) is 0.472. The zero-order valence-electron chi connectivity index (χ0n) is 16.0. The second kappa shape index (κ2) is 10.8. The summed E-state index contributed by atoms with van der Waals surface area (Å²) in [5.74, 6) is -0.982. The van der Waals surface area contributed by atoms with E-state index in [1.54, 1.807) is 19.1 Å². The van der Waals surface area contributed by atoms with Gasteiger partial charge in [0, 0.05) is 35.1 Å². The summed E-state index contributed by atoms with van der Waals surface area (Å²) in [7, 11) is 0. The van der Waals surface area contributed by atoms with Crippen molar-refractivity contribution in [1.29, 1.82) is 0 Å². The lowest BCUT2D eigenvalue weighted by Crippen LogP contribution is -2.35. The summed E-state index contributed by atoms with van der Waals surface area (Å²) >= 11 is 3.47. The number of amides is 2. The van der Waals surface area contributed by atoms with E-state index in [-0.39, 0.29) is 24.3 Å². The predicted octanol–water partition coefficient (Wildman–Crippen LogP) is 2.90. The molecule has 150 valence electrons. The molecule has 0 aromatic heterocycles. The summed E-state index contributed by atoms with van der Waals surface area (Å²) in [5, 5.41) is 5.63. The molecule has 2 atom stereocenters. The standard InChI is InChI=1S/C21H25BrN2O4/c1-3-28-20(26)9-7-17(13-16-10-11-23-21(16)27)24-19(25)8-6-15-5-4-14(2)18(22)12-15/h4-9,12,16-17H,3,10-11,13H2,1-2H3,(H,23,27)(H,24,25). The van der Waals surface area contributed by atoms with Gasteiger partial charge in [0.1, 0.15) is 0 Å². The number of benzene rings is 1. The lowest BCUT2D eigenvalue weighted by atomic mass is 9.98. The third-order valence-electron chi connectivity index (χ3n) is 4.40. The molecule has 0 spiro atoms. The minimum Gasteiger partial charge on any atom is -0.463 e. The first-order valence-corrected chi connectivity index (χ1v) is 10.1. The van der Waals surface area contributed by atoms with Crippen LogP contribution in [-0.4, -0.2) is 37.0 Å². The van der Waals surface area contributed by atoms with Gasteiger partial charge < -0.3 is 15.4 Å². The number of rotatable bonds is 8. The molecule has 1 fully saturated rings. The highest BCUT2D eigenvalue weighted by molar-refractivity contribution is 9.10. The van der Waals surface area contributed by atoms with Crippen molar-refractivity contribution >= 4 is 39.8 Å². The molecule has 28 heavy (non-hydrogen) atoms. The van der Waals surface area contributed by atoms with Crippen molar-refractivity contribution in [2.24, 2.45) is 5.92 Å². The Morgan fingerprint density at radius 3 is 2.82 bits per heavy atom. The Kier molecular flexibility index (Phi) is 8.44. The molecular formula is C21H25BrN2O4. The van der Waals surface area contributed by atoms with Crippen molar-refractivity contribution in [3.05, 3.63) is 52.0 Å². The summed E-state index contributed by atoms with van der Waals surface area (Å²) in [6, 6.07) is 5.37. The molecule has 0 bridgehead atoms. The zero-order chi connectivity index (χ0) is 20.5.